The average Bonchev–Trinajstić information content (AvgIpc) is 2.39. The van der Waals surface area contributed by atoms with Crippen molar-refractivity contribution in [2.75, 3.05) is 31.7 Å². The number of aromatic nitrogens is 2. The predicted octanol–water partition coefficient (Wildman–Crippen LogP) is 1.04. The second kappa shape index (κ2) is 5.77. The molecule has 1 unspecified atom stereocenters. The zero-order valence-corrected chi connectivity index (χ0v) is 10.4. The van der Waals surface area contributed by atoms with Crippen molar-refractivity contribution in [3.63, 3.8) is 0 Å². The maximum atomic E-state index is 10.9. The Labute approximate surface area is 106 Å². The summed E-state index contributed by atoms with van der Waals surface area (Å²) in [6.45, 7) is 2.45. The Morgan fingerprint density at radius 3 is 3.17 bits per heavy atom. The second-order valence-electron chi connectivity index (χ2n) is 4.48. The normalized spacial score (nSPS) is 19.8. The highest BCUT2D eigenvalue weighted by molar-refractivity contribution is 5.85. The molecule has 1 fully saturated rings. The van der Waals surface area contributed by atoms with Crippen molar-refractivity contribution >= 4 is 11.8 Å². The van der Waals surface area contributed by atoms with Gasteiger partial charge in [-0.05, 0) is 18.8 Å². The molecule has 1 aliphatic rings. The summed E-state index contributed by atoms with van der Waals surface area (Å²) in [7, 11) is 1.70. The molecular weight excluding hydrogens is 234 g/mol. The third-order valence-electron chi connectivity index (χ3n) is 3.09. The molecule has 2 heterocycles. The van der Waals surface area contributed by atoms with Gasteiger partial charge in [0.15, 0.2) is 5.69 Å². The van der Waals surface area contributed by atoms with E-state index in [1.54, 1.807) is 13.3 Å². The van der Waals surface area contributed by atoms with E-state index in [0.29, 0.717) is 11.7 Å². The number of methoxy groups -OCH3 is 1. The molecule has 0 bridgehead atoms. The number of hydrogen-bond acceptors (Lipinski definition) is 5. The molecule has 1 N–H and O–H groups in total. The molecule has 6 heteroatoms. The van der Waals surface area contributed by atoms with Crippen molar-refractivity contribution in [3.05, 3.63) is 18.1 Å². The highest BCUT2D eigenvalue weighted by atomic mass is 16.5. The van der Waals surface area contributed by atoms with E-state index in [0.717, 1.165) is 32.5 Å². The number of aromatic carboxylic acids is 1. The number of rotatable bonds is 4. The van der Waals surface area contributed by atoms with Crippen LogP contribution in [0.3, 0.4) is 0 Å². The monoisotopic (exact) mass is 251 g/mol. The summed E-state index contributed by atoms with van der Waals surface area (Å²) >= 11 is 0. The summed E-state index contributed by atoms with van der Waals surface area (Å²) < 4.78 is 5.17. The Bertz CT molecular complexity index is 423. The van der Waals surface area contributed by atoms with Crippen LogP contribution in [0.25, 0.3) is 0 Å². The molecule has 0 spiro atoms. The van der Waals surface area contributed by atoms with Crippen LogP contribution in [-0.4, -0.2) is 47.8 Å². The zero-order chi connectivity index (χ0) is 13.0. The topological polar surface area (TPSA) is 75.5 Å². The fourth-order valence-corrected chi connectivity index (χ4v) is 2.26. The Morgan fingerprint density at radius 2 is 2.44 bits per heavy atom. The average molecular weight is 251 g/mol. The summed E-state index contributed by atoms with van der Waals surface area (Å²) in [5.41, 5.74) is -0.0126. The van der Waals surface area contributed by atoms with Crippen LogP contribution in [0.5, 0.6) is 0 Å². The number of anilines is 1. The summed E-state index contributed by atoms with van der Waals surface area (Å²) in [6, 6.07) is 0. The molecule has 0 aliphatic carbocycles. The van der Waals surface area contributed by atoms with Crippen molar-refractivity contribution in [1.82, 2.24) is 9.97 Å². The van der Waals surface area contributed by atoms with Crippen molar-refractivity contribution in [2.24, 2.45) is 5.92 Å². The lowest BCUT2D eigenvalue weighted by molar-refractivity contribution is 0.0690. The summed E-state index contributed by atoms with van der Waals surface area (Å²) in [5, 5.41) is 8.90. The molecular formula is C12H17N3O3. The second-order valence-corrected chi connectivity index (χ2v) is 4.48. The van der Waals surface area contributed by atoms with Crippen LogP contribution in [-0.2, 0) is 4.74 Å². The third-order valence-corrected chi connectivity index (χ3v) is 3.09. The number of carboxylic acids is 1. The predicted molar refractivity (Wildman–Crippen MR) is 65.8 cm³/mol. The van der Waals surface area contributed by atoms with Crippen LogP contribution in [0, 0.1) is 5.92 Å². The zero-order valence-electron chi connectivity index (χ0n) is 10.4. The number of piperidine rings is 1. The van der Waals surface area contributed by atoms with Crippen LogP contribution < -0.4 is 4.90 Å². The number of hydrogen-bond donors (Lipinski definition) is 1. The van der Waals surface area contributed by atoms with Gasteiger partial charge in [-0.2, -0.15) is 0 Å². The smallest absolute Gasteiger partial charge is 0.356 e. The highest BCUT2D eigenvalue weighted by Crippen LogP contribution is 2.21. The van der Waals surface area contributed by atoms with Crippen molar-refractivity contribution in [3.8, 4) is 0 Å². The molecule has 0 aromatic carbocycles. The van der Waals surface area contributed by atoms with Gasteiger partial charge in [-0.3, -0.25) is 4.98 Å². The number of carboxylic acid groups (broad SMARTS) is 1. The molecule has 1 aromatic rings. The molecule has 1 aliphatic heterocycles. The van der Waals surface area contributed by atoms with E-state index in [9.17, 15) is 4.79 Å². The van der Waals surface area contributed by atoms with Crippen LogP contribution in [0.1, 0.15) is 23.3 Å². The van der Waals surface area contributed by atoms with Gasteiger partial charge in [0.05, 0.1) is 19.0 Å². The standard InChI is InChI=1S/C12H17N3O3/c1-18-8-9-3-2-4-15(7-9)11-6-13-5-10(14-11)12(16)17/h5-6,9H,2-4,7-8H2,1H3,(H,16,17). The quantitative estimate of drug-likeness (QED) is 0.861. The van der Waals surface area contributed by atoms with Gasteiger partial charge < -0.3 is 14.7 Å². The van der Waals surface area contributed by atoms with Gasteiger partial charge >= 0.3 is 5.97 Å². The first-order valence-corrected chi connectivity index (χ1v) is 6.00. The fourth-order valence-electron chi connectivity index (χ4n) is 2.26. The van der Waals surface area contributed by atoms with Gasteiger partial charge in [0.2, 0.25) is 0 Å². The molecule has 2 rings (SSSR count). The van der Waals surface area contributed by atoms with E-state index in [4.69, 9.17) is 9.84 Å². The van der Waals surface area contributed by atoms with Gasteiger partial charge in [0.1, 0.15) is 5.82 Å². The van der Waals surface area contributed by atoms with Gasteiger partial charge in [-0.25, -0.2) is 9.78 Å². The first-order chi connectivity index (χ1) is 8.70. The van der Waals surface area contributed by atoms with Crippen molar-refractivity contribution in [2.45, 2.75) is 12.8 Å². The van der Waals surface area contributed by atoms with Gasteiger partial charge in [-0.15, -0.1) is 0 Å². The van der Waals surface area contributed by atoms with Crippen LogP contribution >= 0.6 is 0 Å². The largest absolute Gasteiger partial charge is 0.476 e. The minimum Gasteiger partial charge on any atom is -0.476 e. The summed E-state index contributed by atoms with van der Waals surface area (Å²) in [5.74, 6) is 0.0598. The lowest BCUT2D eigenvalue weighted by Gasteiger charge is -2.33. The fraction of sp³-hybridized carbons (Fsp3) is 0.583. The van der Waals surface area contributed by atoms with Crippen LogP contribution in [0.15, 0.2) is 12.4 Å². The Balaban J connectivity index is 2.10. The molecule has 1 atom stereocenters. The lowest BCUT2D eigenvalue weighted by atomic mass is 9.99. The Hall–Kier alpha value is -1.69. The van der Waals surface area contributed by atoms with E-state index >= 15 is 0 Å². The molecule has 98 valence electrons. The first-order valence-electron chi connectivity index (χ1n) is 6.00. The maximum absolute atomic E-state index is 10.9. The highest BCUT2D eigenvalue weighted by Gasteiger charge is 2.21. The Morgan fingerprint density at radius 1 is 1.61 bits per heavy atom. The maximum Gasteiger partial charge on any atom is 0.356 e. The summed E-state index contributed by atoms with van der Waals surface area (Å²) in [4.78, 5) is 21.0. The van der Waals surface area contributed by atoms with E-state index < -0.39 is 5.97 Å². The minimum absolute atomic E-state index is 0.0126. The number of nitrogens with zero attached hydrogens (tertiary/aromatic N) is 3. The minimum atomic E-state index is -1.05. The molecule has 18 heavy (non-hydrogen) atoms. The van der Waals surface area contributed by atoms with Crippen LogP contribution in [0.4, 0.5) is 5.82 Å². The van der Waals surface area contributed by atoms with E-state index in [-0.39, 0.29) is 5.69 Å². The van der Waals surface area contributed by atoms with Crippen molar-refractivity contribution in [1.29, 1.82) is 0 Å². The number of carbonyl (C=O) groups is 1. The number of ether oxygens (including phenoxy) is 1. The molecule has 6 nitrogen and oxygen atoms in total. The van der Waals surface area contributed by atoms with E-state index in [1.807, 2.05) is 0 Å². The Kier molecular flexibility index (Phi) is 4.09. The third kappa shape index (κ3) is 2.95. The molecule has 1 saturated heterocycles. The van der Waals surface area contributed by atoms with Gasteiger partial charge in [0.25, 0.3) is 0 Å². The first kappa shape index (κ1) is 12.8. The van der Waals surface area contributed by atoms with E-state index in [1.165, 1.54) is 6.20 Å². The van der Waals surface area contributed by atoms with Crippen molar-refractivity contribution < 1.29 is 14.6 Å². The van der Waals surface area contributed by atoms with Gasteiger partial charge in [-0.1, -0.05) is 0 Å². The van der Waals surface area contributed by atoms with Crippen LogP contribution in [0.2, 0.25) is 0 Å². The molecule has 1 aromatic heterocycles. The lowest BCUT2D eigenvalue weighted by Crippen LogP contribution is -2.37. The van der Waals surface area contributed by atoms with E-state index in [2.05, 4.69) is 14.9 Å². The van der Waals surface area contributed by atoms with Gasteiger partial charge in [0, 0.05) is 20.2 Å². The molecule has 0 saturated carbocycles. The summed E-state index contributed by atoms with van der Waals surface area (Å²) in [6.07, 6.45) is 5.08. The SMILES string of the molecule is COCC1CCCN(c2cncc(C(=O)O)n2)C1. The molecule has 0 radical (unpaired) electrons. The molecule has 0 amide bonds.